The first-order chi connectivity index (χ1) is 7.34. The summed E-state index contributed by atoms with van der Waals surface area (Å²) in [6.07, 6.45) is 12.0. The third-order valence-corrected chi connectivity index (χ3v) is 2.80. The van der Waals surface area contributed by atoms with Gasteiger partial charge in [-0.2, -0.15) is 0 Å². The van der Waals surface area contributed by atoms with E-state index in [0.29, 0.717) is 6.04 Å². The Hall–Kier alpha value is -1.15. The molecule has 0 amide bonds. The summed E-state index contributed by atoms with van der Waals surface area (Å²) < 4.78 is 0. The number of hydrogen-bond donors (Lipinski definition) is 1. The molecule has 2 nitrogen and oxygen atoms in total. The number of rotatable bonds is 3. The van der Waals surface area contributed by atoms with Crippen LogP contribution >= 0.6 is 0 Å². The maximum absolute atomic E-state index is 4.19. The van der Waals surface area contributed by atoms with Crippen molar-refractivity contribution >= 4 is 0 Å². The molecule has 0 fully saturated rings. The molecule has 80 valence electrons. The third kappa shape index (κ3) is 3.17. The molecule has 15 heavy (non-hydrogen) atoms. The van der Waals surface area contributed by atoms with Crippen LogP contribution in [0.4, 0.5) is 0 Å². The second-order valence-corrected chi connectivity index (χ2v) is 4.23. The maximum atomic E-state index is 4.19. The lowest BCUT2D eigenvalue weighted by Crippen LogP contribution is -2.29. The average Bonchev–Trinajstić information content (AvgIpc) is 2.28. The molecule has 1 aliphatic carbocycles. The number of aromatic nitrogens is 1. The third-order valence-electron chi connectivity index (χ3n) is 2.80. The Labute approximate surface area is 91.4 Å². The van der Waals surface area contributed by atoms with Gasteiger partial charge >= 0.3 is 0 Å². The molecule has 0 saturated carbocycles. The second kappa shape index (κ2) is 5.08. The van der Waals surface area contributed by atoms with Gasteiger partial charge in [0.25, 0.3) is 0 Å². The van der Waals surface area contributed by atoms with Crippen LogP contribution in [0.1, 0.15) is 30.4 Å². The standard InChI is InChI=1S/C13H18N2/c1-11-7-12(9-14-8-11)10-15-13-5-3-2-4-6-13/h2-3,7-9,13,15H,4-6,10H2,1H3. The Bertz CT molecular complexity index is 344. The van der Waals surface area contributed by atoms with E-state index in [0.717, 1.165) is 6.54 Å². The number of aryl methyl sites for hydroxylation is 1. The minimum absolute atomic E-state index is 0.649. The van der Waals surface area contributed by atoms with E-state index < -0.39 is 0 Å². The number of nitrogens with zero attached hydrogens (tertiary/aromatic N) is 1. The molecule has 1 unspecified atom stereocenters. The zero-order valence-electron chi connectivity index (χ0n) is 9.24. The van der Waals surface area contributed by atoms with E-state index >= 15 is 0 Å². The van der Waals surface area contributed by atoms with Crippen LogP contribution in [-0.4, -0.2) is 11.0 Å². The van der Waals surface area contributed by atoms with Gasteiger partial charge in [0, 0.05) is 25.0 Å². The van der Waals surface area contributed by atoms with Crippen molar-refractivity contribution in [1.29, 1.82) is 0 Å². The monoisotopic (exact) mass is 202 g/mol. The predicted molar refractivity (Wildman–Crippen MR) is 62.6 cm³/mol. The summed E-state index contributed by atoms with van der Waals surface area (Å²) in [5.41, 5.74) is 2.52. The van der Waals surface area contributed by atoms with Gasteiger partial charge in [-0.25, -0.2) is 0 Å². The molecule has 0 saturated heterocycles. The highest BCUT2D eigenvalue weighted by Gasteiger charge is 2.08. The van der Waals surface area contributed by atoms with Crippen molar-refractivity contribution in [3.8, 4) is 0 Å². The van der Waals surface area contributed by atoms with Crippen LogP contribution in [0.25, 0.3) is 0 Å². The summed E-state index contributed by atoms with van der Waals surface area (Å²) in [5, 5.41) is 3.57. The number of hydrogen-bond acceptors (Lipinski definition) is 2. The summed E-state index contributed by atoms with van der Waals surface area (Å²) in [6, 6.07) is 2.84. The Morgan fingerprint density at radius 1 is 1.40 bits per heavy atom. The summed E-state index contributed by atoms with van der Waals surface area (Å²) in [6.45, 7) is 3.02. The van der Waals surface area contributed by atoms with Gasteiger partial charge in [-0.3, -0.25) is 4.98 Å². The van der Waals surface area contributed by atoms with E-state index in [1.54, 1.807) is 0 Å². The minimum atomic E-state index is 0.649. The van der Waals surface area contributed by atoms with Gasteiger partial charge in [0.1, 0.15) is 0 Å². The van der Waals surface area contributed by atoms with Crippen molar-refractivity contribution in [2.75, 3.05) is 0 Å². The largest absolute Gasteiger partial charge is 0.310 e. The topological polar surface area (TPSA) is 24.9 Å². The van der Waals surface area contributed by atoms with Crippen molar-refractivity contribution in [2.45, 2.75) is 38.8 Å². The van der Waals surface area contributed by atoms with Crippen LogP contribution in [0.3, 0.4) is 0 Å². The van der Waals surface area contributed by atoms with E-state index in [-0.39, 0.29) is 0 Å². The van der Waals surface area contributed by atoms with E-state index in [9.17, 15) is 0 Å². The molecule has 1 N–H and O–H groups in total. The summed E-state index contributed by atoms with van der Waals surface area (Å²) in [4.78, 5) is 4.19. The van der Waals surface area contributed by atoms with Crippen molar-refractivity contribution in [3.63, 3.8) is 0 Å². The Kier molecular flexibility index (Phi) is 3.51. The molecule has 2 heteroatoms. The molecular formula is C13H18N2. The molecule has 2 rings (SSSR count). The van der Waals surface area contributed by atoms with Gasteiger partial charge in [0.2, 0.25) is 0 Å². The van der Waals surface area contributed by atoms with Crippen molar-refractivity contribution < 1.29 is 0 Å². The molecule has 1 aromatic heterocycles. The van der Waals surface area contributed by atoms with Crippen LogP contribution in [0.5, 0.6) is 0 Å². The summed E-state index contributed by atoms with van der Waals surface area (Å²) in [5.74, 6) is 0. The fraction of sp³-hybridized carbons (Fsp3) is 0.462. The molecule has 0 spiro atoms. The van der Waals surface area contributed by atoms with Crippen LogP contribution in [-0.2, 0) is 6.54 Å². The minimum Gasteiger partial charge on any atom is -0.310 e. The van der Waals surface area contributed by atoms with Crippen molar-refractivity contribution in [3.05, 3.63) is 41.7 Å². The van der Waals surface area contributed by atoms with Gasteiger partial charge in [-0.05, 0) is 37.3 Å². The van der Waals surface area contributed by atoms with E-state index in [2.05, 4.69) is 35.4 Å². The first kappa shape index (κ1) is 10.4. The highest BCUT2D eigenvalue weighted by molar-refractivity contribution is 5.16. The number of pyridine rings is 1. The summed E-state index contributed by atoms with van der Waals surface area (Å²) in [7, 11) is 0. The van der Waals surface area contributed by atoms with Gasteiger partial charge in [-0.1, -0.05) is 18.2 Å². The molecular weight excluding hydrogens is 184 g/mol. The molecule has 1 heterocycles. The SMILES string of the molecule is Cc1cncc(CNC2CC=CCC2)c1. The zero-order chi connectivity index (χ0) is 10.5. The molecule has 1 atom stereocenters. The first-order valence-electron chi connectivity index (χ1n) is 5.63. The van der Waals surface area contributed by atoms with E-state index in [1.165, 1.54) is 30.4 Å². The fourth-order valence-electron chi connectivity index (χ4n) is 1.96. The number of allylic oxidation sites excluding steroid dienone is 1. The van der Waals surface area contributed by atoms with Crippen molar-refractivity contribution in [1.82, 2.24) is 10.3 Å². The second-order valence-electron chi connectivity index (χ2n) is 4.23. The van der Waals surface area contributed by atoms with Gasteiger partial charge in [0.15, 0.2) is 0 Å². The van der Waals surface area contributed by atoms with Crippen LogP contribution in [0, 0.1) is 6.92 Å². The Morgan fingerprint density at radius 2 is 2.33 bits per heavy atom. The maximum Gasteiger partial charge on any atom is 0.0313 e. The predicted octanol–water partition coefficient (Wildman–Crippen LogP) is 2.59. The molecule has 0 bridgehead atoms. The van der Waals surface area contributed by atoms with E-state index in [1.807, 2.05) is 12.4 Å². The lowest BCUT2D eigenvalue weighted by Gasteiger charge is -2.19. The normalized spacial score (nSPS) is 20.5. The quantitative estimate of drug-likeness (QED) is 0.762. The lowest BCUT2D eigenvalue weighted by atomic mass is 10.0. The molecule has 1 aliphatic rings. The van der Waals surface area contributed by atoms with Gasteiger partial charge < -0.3 is 5.32 Å². The first-order valence-corrected chi connectivity index (χ1v) is 5.63. The summed E-state index contributed by atoms with van der Waals surface area (Å²) >= 11 is 0. The zero-order valence-corrected chi connectivity index (χ0v) is 9.24. The smallest absolute Gasteiger partial charge is 0.0313 e. The highest BCUT2D eigenvalue weighted by atomic mass is 14.9. The Morgan fingerprint density at radius 3 is 3.07 bits per heavy atom. The van der Waals surface area contributed by atoms with Gasteiger partial charge in [0.05, 0.1) is 0 Å². The lowest BCUT2D eigenvalue weighted by molar-refractivity contribution is 0.474. The highest BCUT2D eigenvalue weighted by Crippen LogP contribution is 2.11. The number of nitrogens with one attached hydrogen (secondary N) is 1. The molecule has 0 radical (unpaired) electrons. The van der Waals surface area contributed by atoms with Crippen LogP contribution in [0.2, 0.25) is 0 Å². The van der Waals surface area contributed by atoms with Crippen molar-refractivity contribution in [2.24, 2.45) is 0 Å². The molecule has 0 aliphatic heterocycles. The van der Waals surface area contributed by atoms with Crippen LogP contribution < -0.4 is 5.32 Å². The fourth-order valence-corrected chi connectivity index (χ4v) is 1.96. The van der Waals surface area contributed by atoms with Gasteiger partial charge in [-0.15, -0.1) is 0 Å². The van der Waals surface area contributed by atoms with E-state index in [4.69, 9.17) is 0 Å². The molecule has 0 aromatic carbocycles. The Balaban J connectivity index is 1.84. The average molecular weight is 202 g/mol. The molecule has 1 aromatic rings. The van der Waals surface area contributed by atoms with Crippen LogP contribution in [0.15, 0.2) is 30.6 Å².